The van der Waals surface area contributed by atoms with Crippen LogP contribution in [0, 0.1) is 5.92 Å². The van der Waals surface area contributed by atoms with Crippen molar-refractivity contribution in [3.8, 4) is 0 Å². The Bertz CT molecular complexity index is 965. The van der Waals surface area contributed by atoms with E-state index in [1.165, 1.54) is 15.4 Å². The van der Waals surface area contributed by atoms with Crippen LogP contribution in [0.5, 0.6) is 0 Å². The maximum Gasteiger partial charge on any atom is 0.358 e. The zero-order chi connectivity index (χ0) is 18.1. The van der Waals surface area contributed by atoms with Crippen LogP contribution in [-0.4, -0.2) is 70.0 Å². The highest BCUT2D eigenvalue weighted by Crippen LogP contribution is 2.20. The zero-order valence-corrected chi connectivity index (χ0v) is 13.8. The third-order valence-corrected chi connectivity index (χ3v) is 4.45. The number of piperidine rings is 1. The van der Waals surface area contributed by atoms with E-state index in [1.807, 2.05) is 0 Å². The van der Waals surface area contributed by atoms with Gasteiger partial charge in [-0.2, -0.15) is 4.52 Å². The van der Waals surface area contributed by atoms with Gasteiger partial charge in [-0.1, -0.05) is 11.3 Å². The fourth-order valence-electron chi connectivity index (χ4n) is 3.24. The first-order valence-corrected chi connectivity index (χ1v) is 8.21. The quantitative estimate of drug-likeness (QED) is 0.689. The summed E-state index contributed by atoms with van der Waals surface area (Å²) >= 11 is 0. The number of carboxylic acids is 1. The van der Waals surface area contributed by atoms with Gasteiger partial charge in [0.1, 0.15) is 5.69 Å². The van der Waals surface area contributed by atoms with E-state index in [4.69, 9.17) is 5.11 Å². The first-order valence-electron chi connectivity index (χ1n) is 8.21. The van der Waals surface area contributed by atoms with Gasteiger partial charge in [0.15, 0.2) is 11.3 Å². The van der Waals surface area contributed by atoms with Gasteiger partial charge < -0.3 is 10.0 Å². The number of rotatable bonds is 4. The van der Waals surface area contributed by atoms with Crippen molar-refractivity contribution >= 4 is 17.5 Å². The molecule has 0 aliphatic carbocycles. The fraction of sp³-hybridized carbons (Fsp3) is 0.400. The molecule has 1 N–H and O–H groups in total. The number of hydrogen-bond donors (Lipinski definition) is 1. The van der Waals surface area contributed by atoms with E-state index in [9.17, 15) is 9.59 Å². The zero-order valence-electron chi connectivity index (χ0n) is 13.8. The van der Waals surface area contributed by atoms with Gasteiger partial charge in [0.05, 0.1) is 6.20 Å². The molecular formula is C15H16N8O3. The van der Waals surface area contributed by atoms with E-state index in [-0.39, 0.29) is 17.5 Å². The molecule has 0 spiro atoms. The first kappa shape index (κ1) is 16.1. The molecule has 0 unspecified atom stereocenters. The van der Waals surface area contributed by atoms with E-state index >= 15 is 0 Å². The number of pyridine rings is 1. The van der Waals surface area contributed by atoms with Crippen molar-refractivity contribution in [2.45, 2.75) is 19.4 Å². The molecule has 11 heteroatoms. The summed E-state index contributed by atoms with van der Waals surface area (Å²) in [6, 6.07) is 5.19. The van der Waals surface area contributed by atoms with Crippen LogP contribution in [-0.2, 0) is 6.54 Å². The predicted octanol–water partition coefficient (Wildman–Crippen LogP) is -0.0336. The minimum absolute atomic E-state index is 0.0842. The molecule has 11 nitrogen and oxygen atoms in total. The lowest BCUT2D eigenvalue weighted by Crippen LogP contribution is -2.41. The number of aromatic nitrogens is 7. The Labute approximate surface area is 147 Å². The molecule has 0 radical (unpaired) electrons. The van der Waals surface area contributed by atoms with Crippen molar-refractivity contribution in [3.05, 3.63) is 35.8 Å². The van der Waals surface area contributed by atoms with Gasteiger partial charge in [0.2, 0.25) is 0 Å². The molecule has 1 saturated heterocycles. The molecule has 4 rings (SSSR count). The number of amides is 1. The van der Waals surface area contributed by atoms with Crippen LogP contribution >= 0.6 is 0 Å². The predicted molar refractivity (Wildman–Crippen MR) is 86.4 cm³/mol. The number of aromatic carboxylic acids is 1. The van der Waals surface area contributed by atoms with E-state index in [1.54, 1.807) is 23.1 Å². The number of fused-ring (bicyclic) bond motifs is 1. The van der Waals surface area contributed by atoms with Crippen LogP contribution in [0.3, 0.4) is 0 Å². The second kappa shape index (κ2) is 6.50. The van der Waals surface area contributed by atoms with E-state index in [0.29, 0.717) is 31.0 Å². The highest BCUT2D eigenvalue weighted by Gasteiger charge is 2.27. The normalized spacial score (nSPS) is 17.5. The molecule has 4 heterocycles. The summed E-state index contributed by atoms with van der Waals surface area (Å²) in [5.41, 5.74) is 0.856. The molecule has 1 amide bonds. The van der Waals surface area contributed by atoms with Crippen LogP contribution in [0.15, 0.2) is 24.4 Å². The van der Waals surface area contributed by atoms with Gasteiger partial charge in [-0.15, -0.1) is 10.2 Å². The van der Waals surface area contributed by atoms with Crippen molar-refractivity contribution < 1.29 is 14.7 Å². The summed E-state index contributed by atoms with van der Waals surface area (Å²) in [5.74, 6) is -1.06. The summed E-state index contributed by atoms with van der Waals surface area (Å²) in [5, 5.41) is 27.7. The van der Waals surface area contributed by atoms with Crippen LogP contribution in [0.1, 0.15) is 33.8 Å². The lowest BCUT2D eigenvalue weighted by molar-refractivity contribution is 0.0649. The fourth-order valence-corrected chi connectivity index (χ4v) is 3.24. The largest absolute Gasteiger partial charge is 0.476 e. The lowest BCUT2D eigenvalue weighted by Gasteiger charge is -2.32. The average molecular weight is 356 g/mol. The van der Waals surface area contributed by atoms with Gasteiger partial charge >= 0.3 is 5.97 Å². The van der Waals surface area contributed by atoms with Gasteiger partial charge in [0, 0.05) is 19.6 Å². The molecule has 1 atom stereocenters. The Balaban J connectivity index is 1.48. The second-order valence-corrected chi connectivity index (χ2v) is 6.25. The van der Waals surface area contributed by atoms with E-state index in [0.717, 1.165) is 12.8 Å². The smallest absolute Gasteiger partial charge is 0.358 e. The topological polar surface area (TPSA) is 131 Å². The monoisotopic (exact) mass is 356 g/mol. The molecule has 3 aromatic heterocycles. The maximum atomic E-state index is 12.9. The molecule has 1 aliphatic rings. The Morgan fingerprint density at radius 3 is 2.92 bits per heavy atom. The third-order valence-electron chi connectivity index (χ3n) is 4.45. The van der Waals surface area contributed by atoms with Crippen LogP contribution in [0.25, 0.3) is 5.65 Å². The molecule has 0 bridgehead atoms. The molecule has 26 heavy (non-hydrogen) atoms. The molecule has 134 valence electrons. The maximum absolute atomic E-state index is 12.9. The van der Waals surface area contributed by atoms with Crippen molar-refractivity contribution in [2.75, 3.05) is 13.1 Å². The van der Waals surface area contributed by atoms with Crippen molar-refractivity contribution in [3.63, 3.8) is 0 Å². The number of carbonyl (C=O) groups excluding carboxylic acids is 1. The number of hydrogen-bond acceptors (Lipinski definition) is 7. The molecule has 1 fully saturated rings. The van der Waals surface area contributed by atoms with Crippen LogP contribution in [0.2, 0.25) is 0 Å². The summed E-state index contributed by atoms with van der Waals surface area (Å²) in [7, 11) is 0. The highest BCUT2D eigenvalue weighted by atomic mass is 16.4. The van der Waals surface area contributed by atoms with Gasteiger partial charge in [-0.3, -0.25) is 9.48 Å². The SMILES string of the molecule is O=C(O)c1cn(C[C@@H]2CCCN(C(=O)c3cccc4nnnn34)C2)nn1. The minimum atomic E-state index is -1.11. The van der Waals surface area contributed by atoms with Gasteiger partial charge in [-0.25, -0.2) is 4.79 Å². The third kappa shape index (κ3) is 2.98. The highest BCUT2D eigenvalue weighted by molar-refractivity contribution is 5.93. The van der Waals surface area contributed by atoms with E-state index in [2.05, 4.69) is 25.8 Å². The minimum Gasteiger partial charge on any atom is -0.476 e. The summed E-state index contributed by atoms with van der Waals surface area (Å²) < 4.78 is 2.95. The van der Waals surface area contributed by atoms with Gasteiger partial charge in [0.25, 0.3) is 5.91 Å². The summed E-state index contributed by atoms with van der Waals surface area (Å²) in [6.45, 7) is 1.73. The number of carboxylic acid groups (broad SMARTS) is 1. The number of likely N-dealkylation sites (tertiary alicyclic amines) is 1. The van der Waals surface area contributed by atoms with Gasteiger partial charge in [-0.05, 0) is 41.3 Å². The molecule has 0 aromatic carbocycles. The molecule has 3 aromatic rings. The van der Waals surface area contributed by atoms with Crippen LogP contribution in [0.4, 0.5) is 0 Å². The number of tetrazole rings is 1. The Hall–Kier alpha value is -3.37. The second-order valence-electron chi connectivity index (χ2n) is 6.25. The number of carbonyl (C=O) groups is 2. The first-order chi connectivity index (χ1) is 12.6. The summed E-state index contributed by atoms with van der Waals surface area (Å²) in [6.07, 6.45) is 3.20. The standard InChI is InChI=1S/C15H16N8O3/c24-14(12-4-1-5-13-17-18-20-23(12)13)21-6-2-3-10(7-21)8-22-9-11(15(25)26)16-19-22/h1,4-5,9-10H,2-3,6-8H2,(H,25,26)/t10-/m1/s1. The van der Waals surface area contributed by atoms with Crippen molar-refractivity contribution in [1.29, 1.82) is 0 Å². The van der Waals surface area contributed by atoms with Crippen molar-refractivity contribution in [1.82, 2.24) is 39.9 Å². The van der Waals surface area contributed by atoms with Crippen molar-refractivity contribution in [2.24, 2.45) is 5.92 Å². The Morgan fingerprint density at radius 1 is 1.23 bits per heavy atom. The number of nitrogens with zero attached hydrogens (tertiary/aromatic N) is 8. The molecule has 0 saturated carbocycles. The molecular weight excluding hydrogens is 340 g/mol. The summed E-state index contributed by atoms with van der Waals surface area (Å²) in [4.78, 5) is 25.6. The lowest BCUT2D eigenvalue weighted by atomic mass is 9.97. The Kier molecular flexibility index (Phi) is 4.03. The molecule has 1 aliphatic heterocycles. The van der Waals surface area contributed by atoms with Crippen LogP contribution < -0.4 is 0 Å². The average Bonchev–Trinajstić information content (AvgIpc) is 3.30. The van der Waals surface area contributed by atoms with E-state index < -0.39 is 5.97 Å². The Morgan fingerprint density at radius 2 is 2.12 bits per heavy atom.